The Morgan fingerprint density at radius 3 is 2.23 bits per heavy atom. The molecule has 0 saturated heterocycles. The minimum atomic E-state index is -4.44. The molecule has 2 aromatic rings. The van der Waals surface area contributed by atoms with Gasteiger partial charge in [0.1, 0.15) is 13.2 Å². The van der Waals surface area contributed by atoms with Crippen molar-refractivity contribution in [3.63, 3.8) is 0 Å². The van der Waals surface area contributed by atoms with E-state index in [9.17, 15) is 18.0 Å². The van der Waals surface area contributed by atoms with Crippen LogP contribution in [-0.2, 0) is 33.9 Å². The molecule has 0 aromatic heterocycles. The van der Waals surface area contributed by atoms with Crippen LogP contribution in [0.4, 0.5) is 13.2 Å². The summed E-state index contributed by atoms with van der Waals surface area (Å²) < 4.78 is 38.6. The van der Waals surface area contributed by atoms with E-state index in [1.807, 2.05) is 26.0 Å². The summed E-state index contributed by atoms with van der Waals surface area (Å²) in [5, 5.41) is 15.8. The quantitative estimate of drug-likeness (QED) is 0.487. The van der Waals surface area contributed by atoms with E-state index in [-0.39, 0.29) is 13.2 Å². The van der Waals surface area contributed by atoms with E-state index in [2.05, 4.69) is 10.3 Å². The van der Waals surface area contributed by atoms with Gasteiger partial charge in [0, 0.05) is 0 Å². The lowest BCUT2D eigenvalue weighted by Gasteiger charge is -2.12. The Hall–Kier alpha value is -3.36. The summed E-state index contributed by atoms with van der Waals surface area (Å²) >= 11 is 0. The molecular weight excluding hydrogens is 401 g/mol. The van der Waals surface area contributed by atoms with Gasteiger partial charge in [0.2, 0.25) is 0 Å². The molecule has 160 valence electrons. The van der Waals surface area contributed by atoms with E-state index in [4.69, 9.17) is 14.8 Å². The topological polar surface area (TPSA) is 80.5 Å². The van der Waals surface area contributed by atoms with Crippen LogP contribution in [0.25, 0.3) is 0 Å². The molecule has 0 aliphatic heterocycles. The van der Waals surface area contributed by atoms with Crippen LogP contribution in [0.1, 0.15) is 40.3 Å². The highest BCUT2D eigenvalue weighted by Crippen LogP contribution is 2.29. The highest BCUT2D eigenvalue weighted by Gasteiger charge is 2.30. The number of alkyl halides is 3. The van der Waals surface area contributed by atoms with Crippen molar-refractivity contribution < 1.29 is 32.7 Å². The number of halogens is 3. The van der Waals surface area contributed by atoms with Crippen molar-refractivity contribution in [2.75, 3.05) is 0 Å². The van der Waals surface area contributed by atoms with E-state index >= 15 is 0 Å². The second-order valence-electron chi connectivity index (χ2n) is 6.58. The fraction of sp³-hybridized carbons (Fsp3) is 0.286. The highest BCUT2D eigenvalue weighted by atomic mass is 19.4. The molecule has 9 heteroatoms. The van der Waals surface area contributed by atoms with Crippen molar-refractivity contribution in [3.8, 4) is 0 Å². The van der Waals surface area contributed by atoms with Crippen LogP contribution >= 0.6 is 0 Å². The van der Waals surface area contributed by atoms with E-state index in [1.165, 1.54) is 12.1 Å². The Morgan fingerprint density at radius 2 is 1.67 bits per heavy atom. The van der Waals surface area contributed by atoms with Crippen LogP contribution < -0.4 is 0 Å². The van der Waals surface area contributed by atoms with Gasteiger partial charge in [-0.05, 0) is 60.7 Å². The van der Waals surface area contributed by atoms with Gasteiger partial charge in [-0.2, -0.15) is 13.2 Å². The Kier molecular flexibility index (Phi) is 7.57. The number of nitrogens with zero attached hydrogens (tertiary/aromatic N) is 2. The Labute approximate surface area is 171 Å². The maximum absolute atomic E-state index is 12.9. The summed E-state index contributed by atoms with van der Waals surface area (Å²) in [4.78, 5) is 20.8. The van der Waals surface area contributed by atoms with E-state index < -0.39 is 17.7 Å². The predicted octanol–water partition coefficient (Wildman–Crippen LogP) is 4.85. The summed E-state index contributed by atoms with van der Waals surface area (Å²) in [6.07, 6.45) is -3.80. The van der Waals surface area contributed by atoms with Crippen LogP contribution in [0.5, 0.6) is 0 Å². The van der Waals surface area contributed by atoms with Gasteiger partial charge in [0.15, 0.2) is 6.21 Å². The zero-order chi connectivity index (χ0) is 22.3. The largest absolute Gasteiger partial charge is 0.477 e. The molecule has 30 heavy (non-hydrogen) atoms. The highest BCUT2D eigenvalue weighted by molar-refractivity contribution is 6.21. The SMILES string of the molecule is C/C(=N/OCc1cc(C)c(C)cc1CO/N=C/C(=O)O)c1cccc(C(F)(F)F)c1. The predicted molar refractivity (Wildman–Crippen MR) is 105 cm³/mol. The Bertz CT molecular complexity index is 969. The molecule has 6 nitrogen and oxygen atoms in total. The van der Waals surface area contributed by atoms with Crippen molar-refractivity contribution in [1.29, 1.82) is 0 Å². The van der Waals surface area contributed by atoms with Crippen molar-refractivity contribution in [2.45, 2.75) is 40.2 Å². The number of benzene rings is 2. The minimum absolute atomic E-state index is 0.0277. The molecule has 0 aliphatic rings. The maximum atomic E-state index is 12.9. The number of aliphatic carboxylic acids is 1. The van der Waals surface area contributed by atoms with Crippen LogP contribution in [0.15, 0.2) is 46.7 Å². The summed E-state index contributed by atoms with van der Waals surface area (Å²) in [5.74, 6) is -1.22. The van der Waals surface area contributed by atoms with Crippen molar-refractivity contribution in [3.05, 3.63) is 69.8 Å². The number of oxime groups is 2. The third-order valence-corrected chi connectivity index (χ3v) is 4.30. The molecule has 1 N–H and O–H groups in total. The van der Waals surface area contributed by atoms with Gasteiger partial charge >= 0.3 is 12.1 Å². The average Bonchev–Trinajstić information content (AvgIpc) is 2.67. The van der Waals surface area contributed by atoms with Crippen LogP contribution in [0.2, 0.25) is 0 Å². The number of carboxylic acids is 1. The lowest BCUT2D eigenvalue weighted by Crippen LogP contribution is -2.07. The van der Waals surface area contributed by atoms with Gasteiger partial charge in [-0.3, -0.25) is 0 Å². The first-order chi connectivity index (χ1) is 14.1. The first-order valence-electron chi connectivity index (χ1n) is 8.89. The van der Waals surface area contributed by atoms with Crippen LogP contribution in [0, 0.1) is 13.8 Å². The summed E-state index contributed by atoms with van der Waals surface area (Å²) in [5.41, 5.74) is 3.32. The van der Waals surface area contributed by atoms with Gasteiger partial charge in [-0.15, -0.1) is 0 Å². The van der Waals surface area contributed by atoms with E-state index in [1.54, 1.807) is 6.92 Å². The summed E-state index contributed by atoms with van der Waals surface area (Å²) in [6.45, 7) is 5.47. The maximum Gasteiger partial charge on any atom is 0.416 e. The zero-order valence-corrected chi connectivity index (χ0v) is 16.7. The second-order valence-corrected chi connectivity index (χ2v) is 6.58. The number of hydrogen-bond donors (Lipinski definition) is 1. The fourth-order valence-electron chi connectivity index (χ4n) is 2.57. The minimum Gasteiger partial charge on any atom is -0.477 e. The Morgan fingerprint density at radius 1 is 1.07 bits per heavy atom. The first kappa shape index (κ1) is 22.9. The molecule has 0 radical (unpaired) electrons. The molecule has 0 spiro atoms. The van der Waals surface area contributed by atoms with Gasteiger partial charge in [0.25, 0.3) is 0 Å². The molecule has 0 bridgehead atoms. The summed E-state index contributed by atoms with van der Waals surface area (Å²) in [7, 11) is 0. The lowest BCUT2D eigenvalue weighted by molar-refractivity contribution is -0.137. The number of rotatable bonds is 8. The molecule has 2 aromatic carbocycles. The monoisotopic (exact) mass is 422 g/mol. The zero-order valence-electron chi connectivity index (χ0n) is 16.7. The molecule has 0 atom stereocenters. The number of carbonyl (C=O) groups is 1. The van der Waals surface area contributed by atoms with E-state index in [0.717, 1.165) is 34.4 Å². The fourth-order valence-corrected chi connectivity index (χ4v) is 2.57. The first-order valence-corrected chi connectivity index (χ1v) is 8.89. The number of carboxylic acid groups (broad SMARTS) is 1. The molecule has 0 saturated carbocycles. The Balaban J connectivity index is 2.12. The molecular formula is C21H21F3N2O4. The van der Waals surface area contributed by atoms with Gasteiger partial charge < -0.3 is 14.8 Å². The van der Waals surface area contributed by atoms with Crippen LogP contribution in [0.3, 0.4) is 0 Å². The molecule has 0 unspecified atom stereocenters. The van der Waals surface area contributed by atoms with Gasteiger partial charge in [-0.25, -0.2) is 4.79 Å². The van der Waals surface area contributed by atoms with Crippen molar-refractivity contribution in [1.82, 2.24) is 0 Å². The van der Waals surface area contributed by atoms with Crippen LogP contribution in [-0.4, -0.2) is 23.0 Å². The normalized spacial score (nSPS) is 12.3. The molecule has 0 amide bonds. The number of aryl methyl sites for hydroxylation is 2. The third kappa shape index (κ3) is 6.61. The molecule has 2 rings (SSSR count). The van der Waals surface area contributed by atoms with Crippen molar-refractivity contribution in [2.24, 2.45) is 10.3 Å². The smallest absolute Gasteiger partial charge is 0.416 e. The number of hydrogen-bond acceptors (Lipinski definition) is 5. The van der Waals surface area contributed by atoms with Gasteiger partial charge in [0.05, 0.1) is 11.3 Å². The van der Waals surface area contributed by atoms with Gasteiger partial charge in [-0.1, -0.05) is 34.6 Å². The third-order valence-electron chi connectivity index (χ3n) is 4.30. The lowest BCUT2D eigenvalue weighted by atomic mass is 10.0. The standard InChI is InChI=1S/C21H21F3N2O4/c1-13-7-17(11-29-25-10-20(27)28)18(8-14(13)2)12-30-26-15(3)16-5-4-6-19(9-16)21(22,23)24/h4-10H,11-12H2,1-3H3,(H,27,28)/b25-10+,26-15-. The summed E-state index contributed by atoms with van der Waals surface area (Å²) in [6, 6.07) is 8.59. The molecule has 0 aliphatic carbocycles. The average molecular weight is 422 g/mol. The van der Waals surface area contributed by atoms with Crippen molar-refractivity contribution >= 4 is 17.9 Å². The second kappa shape index (κ2) is 9.91. The molecule has 0 fully saturated rings. The van der Waals surface area contributed by atoms with E-state index in [0.29, 0.717) is 17.5 Å². The molecule has 0 heterocycles.